The highest BCUT2D eigenvalue weighted by atomic mass is 16.3. The van der Waals surface area contributed by atoms with Crippen LogP contribution < -0.4 is 5.32 Å². The average Bonchev–Trinajstić information content (AvgIpc) is 2.81. The third-order valence-corrected chi connectivity index (χ3v) is 3.72. The predicted octanol–water partition coefficient (Wildman–Crippen LogP) is 3.76. The summed E-state index contributed by atoms with van der Waals surface area (Å²) in [4.78, 5) is 9.31. The summed E-state index contributed by atoms with van der Waals surface area (Å²) in [6.45, 7) is 13.6. The fraction of sp³-hybridized carbons (Fsp3) is 0.529. The monoisotopic (exact) mass is 287 g/mol. The third-order valence-electron chi connectivity index (χ3n) is 3.72. The van der Waals surface area contributed by atoms with Crippen LogP contribution in [-0.2, 0) is 0 Å². The van der Waals surface area contributed by atoms with Gasteiger partial charge in [-0.05, 0) is 43.9 Å². The van der Waals surface area contributed by atoms with Gasteiger partial charge < -0.3 is 9.73 Å². The molecule has 2 aromatic heterocycles. The molecule has 0 fully saturated rings. The van der Waals surface area contributed by atoms with E-state index in [-0.39, 0.29) is 0 Å². The zero-order valence-corrected chi connectivity index (χ0v) is 13.8. The first-order valence-electron chi connectivity index (χ1n) is 7.53. The quantitative estimate of drug-likeness (QED) is 0.909. The second-order valence-corrected chi connectivity index (χ2v) is 6.03. The topological polar surface area (TPSA) is 51.0 Å². The molecule has 4 heteroatoms. The number of aromatic nitrogens is 2. The number of furan rings is 1. The van der Waals surface area contributed by atoms with Gasteiger partial charge in [0.2, 0.25) is 0 Å². The Balaban J connectivity index is 2.31. The second kappa shape index (κ2) is 6.39. The van der Waals surface area contributed by atoms with Crippen LogP contribution in [0.5, 0.6) is 0 Å². The molecule has 0 amide bonds. The van der Waals surface area contributed by atoms with Gasteiger partial charge >= 0.3 is 0 Å². The van der Waals surface area contributed by atoms with Crippen molar-refractivity contribution in [2.75, 3.05) is 6.54 Å². The number of nitrogens with one attached hydrogen (secondary N) is 1. The molecule has 0 spiro atoms. The normalized spacial score (nSPS) is 12.9. The Labute approximate surface area is 127 Å². The van der Waals surface area contributed by atoms with Gasteiger partial charge in [-0.1, -0.05) is 20.8 Å². The van der Waals surface area contributed by atoms with E-state index in [1.54, 1.807) is 6.26 Å². The Morgan fingerprint density at radius 2 is 1.71 bits per heavy atom. The SMILES string of the molecule is Cc1ccoc1-c1nc(C)c(C(C)CNC(C)C)c(C)n1. The molecule has 4 nitrogen and oxygen atoms in total. The molecule has 0 aliphatic heterocycles. The van der Waals surface area contributed by atoms with Gasteiger partial charge in [0.1, 0.15) is 0 Å². The second-order valence-electron chi connectivity index (χ2n) is 6.03. The Morgan fingerprint density at radius 1 is 1.10 bits per heavy atom. The van der Waals surface area contributed by atoms with E-state index in [0.717, 1.165) is 29.3 Å². The molecular formula is C17H25N3O. The van der Waals surface area contributed by atoms with Crippen LogP contribution in [0, 0.1) is 20.8 Å². The van der Waals surface area contributed by atoms with Gasteiger partial charge in [-0.25, -0.2) is 9.97 Å². The molecule has 0 saturated carbocycles. The number of hydrogen-bond donors (Lipinski definition) is 1. The minimum Gasteiger partial charge on any atom is -0.461 e. The standard InChI is InChI=1S/C17H25N3O/c1-10(2)18-9-12(4)15-13(5)19-17(20-14(15)6)16-11(3)7-8-21-16/h7-8,10,12,18H,9H2,1-6H3. The predicted molar refractivity (Wildman–Crippen MR) is 85.5 cm³/mol. The van der Waals surface area contributed by atoms with E-state index in [2.05, 4.69) is 49.9 Å². The smallest absolute Gasteiger partial charge is 0.196 e. The first-order chi connectivity index (χ1) is 9.90. The minimum absolute atomic E-state index is 0.388. The molecule has 0 aliphatic carbocycles. The van der Waals surface area contributed by atoms with Crippen LogP contribution in [-0.4, -0.2) is 22.6 Å². The number of aryl methyl sites for hydroxylation is 3. The molecule has 2 aromatic rings. The summed E-state index contributed by atoms with van der Waals surface area (Å²) >= 11 is 0. The number of rotatable bonds is 5. The van der Waals surface area contributed by atoms with Crippen LogP contribution in [0.1, 0.15) is 49.2 Å². The van der Waals surface area contributed by atoms with Crippen LogP contribution in [0.25, 0.3) is 11.6 Å². The number of hydrogen-bond acceptors (Lipinski definition) is 4. The van der Waals surface area contributed by atoms with Crippen LogP contribution >= 0.6 is 0 Å². The first-order valence-corrected chi connectivity index (χ1v) is 7.53. The largest absolute Gasteiger partial charge is 0.461 e. The fourth-order valence-electron chi connectivity index (χ4n) is 2.66. The van der Waals surface area contributed by atoms with Crippen molar-refractivity contribution in [3.05, 3.63) is 34.8 Å². The lowest BCUT2D eigenvalue weighted by Gasteiger charge is -2.19. The summed E-state index contributed by atoms with van der Waals surface area (Å²) in [5, 5.41) is 3.48. The van der Waals surface area contributed by atoms with Crippen LogP contribution in [0.15, 0.2) is 16.7 Å². The van der Waals surface area contributed by atoms with Crippen LogP contribution in [0.4, 0.5) is 0 Å². The van der Waals surface area contributed by atoms with Gasteiger partial charge in [0.05, 0.1) is 6.26 Å². The van der Waals surface area contributed by atoms with Crippen molar-refractivity contribution in [3.8, 4) is 11.6 Å². The van der Waals surface area contributed by atoms with Gasteiger partial charge in [0, 0.05) is 24.0 Å². The molecule has 2 rings (SSSR count). The third kappa shape index (κ3) is 3.50. The molecule has 21 heavy (non-hydrogen) atoms. The number of nitrogens with zero attached hydrogens (tertiary/aromatic N) is 2. The molecule has 0 bridgehead atoms. The molecular weight excluding hydrogens is 262 g/mol. The van der Waals surface area contributed by atoms with Crippen LogP contribution in [0.2, 0.25) is 0 Å². The summed E-state index contributed by atoms with van der Waals surface area (Å²) in [7, 11) is 0. The van der Waals surface area contributed by atoms with E-state index in [1.807, 2.05) is 13.0 Å². The highest BCUT2D eigenvalue weighted by Gasteiger charge is 2.17. The van der Waals surface area contributed by atoms with Crippen molar-refractivity contribution in [2.24, 2.45) is 0 Å². The Morgan fingerprint density at radius 3 is 2.19 bits per heavy atom. The molecule has 0 aliphatic rings. The molecule has 1 atom stereocenters. The van der Waals surface area contributed by atoms with Crippen molar-refractivity contribution in [3.63, 3.8) is 0 Å². The van der Waals surface area contributed by atoms with E-state index in [9.17, 15) is 0 Å². The van der Waals surface area contributed by atoms with Gasteiger partial charge in [-0.3, -0.25) is 0 Å². The molecule has 0 radical (unpaired) electrons. The van der Waals surface area contributed by atoms with Gasteiger partial charge in [-0.15, -0.1) is 0 Å². The van der Waals surface area contributed by atoms with Crippen molar-refractivity contribution in [1.82, 2.24) is 15.3 Å². The minimum atomic E-state index is 0.388. The maximum Gasteiger partial charge on any atom is 0.196 e. The lowest BCUT2D eigenvalue weighted by Crippen LogP contribution is -2.27. The average molecular weight is 287 g/mol. The lowest BCUT2D eigenvalue weighted by molar-refractivity contribution is 0.542. The van der Waals surface area contributed by atoms with Gasteiger partial charge in [0.15, 0.2) is 11.6 Å². The molecule has 2 heterocycles. The highest BCUT2D eigenvalue weighted by molar-refractivity contribution is 5.53. The van der Waals surface area contributed by atoms with E-state index in [0.29, 0.717) is 17.8 Å². The maximum absolute atomic E-state index is 5.50. The molecule has 1 N–H and O–H groups in total. The van der Waals surface area contributed by atoms with Gasteiger partial charge in [-0.2, -0.15) is 0 Å². The lowest BCUT2D eigenvalue weighted by atomic mass is 9.97. The molecule has 1 unspecified atom stereocenters. The Hall–Kier alpha value is -1.68. The van der Waals surface area contributed by atoms with Crippen LogP contribution in [0.3, 0.4) is 0 Å². The molecule has 0 saturated heterocycles. The maximum atomic E-state index is 5.50. The summed E-state index contributed by atoms with van der Waals surface area (Å²) < 4.78 is 5.50. The van der Waals surface area contributed by atoms with Crippen molar-refractivity contribution >= 4 is 0 Å². The van der Waals surface area contributed by atoms with E-state index in [1.165, 1.54) is 5.56 Å². The van der Waals surface area contributed by atoms with Crippen molar-refractivity contribution < 1.29 is 4.42 Å². The highest BCUT2D eigenvalue weighted by Crippen LogP contribution is 2.26. The van der Waals surface area contributed by atoms with E-state index < -0.39 is 0 Å². The van der Waals surface area contributed by atoms with E-state index >= 15 is 0 Å². The Bertz CT molecular complexity index is 593. The molecule has 114 valence electrons. The summed E-state index contributed by atoms with van der Waals surface area (Å²) in [5.74, 6) is 1.83. The summed E-state index contributed by atoms with van der Waals surface area (Å²) in [6.07, 6.45) is 1.68. The zero-order valence-electron chi connectivity index (χ0n) is 13.8. The first kappa shape index (κ1) is 15.7. The van der Waals surface area contributed by atoms with Gasteiger partial charge in [0.25, 0.3) is 0 Å². The van der Waals surface area contributed by atoms with Crippen molar-refractivity contribution in [2.45, 2.75) is 53.5 Å². The molecule has 0 aromatic carbocycles. The summed E-state index contributed by atoms with van der Waals surface area (Å²) in [5.41, 5.74) is 4.37. The van der Waals surface area contributed by atoms with E-state index in [4.69, 9.17) is 4.42 Å². The Kier molecular flexibility index (Phi) is 4.78. The zero-order chi connectivity index (χ0) is 15.6. The fourth-order valence-corrected chi connectivity index (χ4v) is 2.66. The van der Waals surface area contributed by atoms with Crippen molar-refractivity contribution in [1.29, 1.82) is 0 Å². The summed E-state index contributed by atoms with van der Waals surface area (Å²) in [6, 6.07) is 2.42.